The molecule has 0 radical (unpaired) electrons. The number of nitrogens with zero attached hydrogens (tertiary/aromatic N) is 2. The molecule has 7 nitrogen and oxygen atoms in total. The number of piperidine rings is 2. The normalized spacial score (nSPS) is 20.0. The number of esters is 1. The first-order valence-corrected chi connectivity index (χ1v) is 12.3. The number of amides is 1. The fourth-order valence-electron chi connectivity index (χ4n) is 3.84. The molecular weight excluding hydrogens is 428 g/mol. The van der Waals surface area contributed by atoms with Crippen LogP contribution in [0.2, 0.25) is 5.02 Å². The van der Waals surface area contributed by atoms with E-state index in [4.69, 9.17) is 16.3 Å². The maximum Gasteiger partial charge on any atom is 0.338 e. The van der Waals surface area contributed by atoms with Crippen molar-refractivity contribution >= 4 is 33.5 Å². The summed E-state index contributed by atoms with van der Waals surface area (Å²) in [6.45, 7) is 5.88. The van der Waals surface area contributed by atoms with Gasteiger partial charge in [0.1, 0.15) is 4.90 Å². The van der Waals surface area contributed by atoms with Gasteiger partial charge in [-0.15, -0.1) is 0 Å². The number of sulfonamides is 1. The lowest BCUT2D eigenvalue weighted by Gasteiger charge is -2.31. The molecule has 0 N–H and O–H groups in total. The molecule has 2 heterocycles. The Morgan fingerprint density at radius 3 is 2.37 bits per heavy atom. The molecule has 2 fully saturated rings. The summed E-state index contributed by atoms with van der Waals surface area (Å²) >= 11 is 6.16. The van der Waals surface area contributed by atoms with Crippen molar-refractivity contribution in [2.45, 2.75) is 57.0 Å². The van der Waals surface area contributed by atoms with Crippen molar-refractivity contribution in [1.82, 2.24) is 9.21 Å². The summed E-state index contributed by atoms with van der Waals surface area (Å²) in [4.78, 5) is 26.8. The third-order valence-corrected chi connectivity index (χ3v) is 8.21. The second-order valence-electron chi connectivity index (χ2n) is 8.17. The van der Waals surface area contributed by atoms with Crippen LogP contribution < -0.4 is 0 Å². The molecule has 1 atom stereocenters. The molecule has 0 aromatic heterocycles. The molecule has 30 heavy (non-hydrogen) atoms. The van der Waals surface area contributed by atoms with E-state index in [1.165, 1.54) is 22.5 Å². The average molecular weight is 457 g/mol. The molecular formula is C21H29ClN2O5S. The largest absolute Gasteiger partial charge is 0.449 e. The molecule has 2 aliphatic rings. The van der Waals surface area contributed by atoms with Crippen LogP contribution in [0.5, 0.6) is 0 Å². The summed E-state index contributed by atoms with van der Waals surface area (Å²) in [6.07, 6.45) is 3.51. The monoisotopic (exact) mass is 456 g/mol. The predicted molar refractivity (Wildman–Crippen MR) is 114 cm³/mol. The van der Waals surface area contributed by atoms with Gasteiger partial charge in [0, 0.05) is 26.2 Å². The Labute approximate surface area is 183 Å². The van der Waals surface area contributed by atoms with Crippen LogP contribution in [0.15, 0.2) is 23.1 Å². The molecule has 2 aliphatic heterocycles. The molecule has 9 heteroatoms. The minimum Gasteiger partial charge on any atom is -0.449 e. The van der Waals surface area contributed by atoms with Crippen LogP contribution in [0.25, 0.3) is 0 Å². The summed E-state index contributed by atoms with van der Waals surface area (Å²) < 4.78 is 32.7. The third-order valence-electron chi connectivity index (χ3n) is 5.83. The van der Waals surface area contributed by atoms with Crippen LogP contribution in [-0.2, 0) is 19.6 Å². The molecule has 0 saturated carbocycles. The van der Waals surface area contributed by atoms with Crippen molar-refractivity contribution < 1.29 is 22.7 Å². The van der Waals surface area contributed by atoms with E-state index in [0.717, 1.165) is 32.1 Å². The number of carbonyl (C=O) groups is 2. The zero-order valence-electron chi connectivity index (χ0n) is 17.5. The van der Waals surface area contributed by atoms with Gasteiger partial charge in [-0.05, 0) is 56.7 Å². The van der Waals surface area contributed by atoms with Crippen LogP contribution in [0.3, 0.4) is 0 Å². The minimum atomic E-state index is -3.80. The number of ether oxygens (including phenoxy) is 1. The third kappa shape index (κ3) is 5.15. The van der Waals surface area contributed by atoms with Crippen LogP contribution in [-0.4, -0.2) is 61.8 Å². The van der Waals surface area contributed by atoms with Crippen molar-refractivity contribution in [2.75, 3.05) is 26.2 Å². The molecule has 1 aromatic carbocycles. The minimum absolute atomic E-state index is 0.0573. The number of rotatable bonds is 5. The molecule has 3 rings (SSSR count). The van der Waals surface area contributed by atoms with E-state index in [1.54, 1.807) is 11.8 Å². The van der Waals surface area contributed by atoms with E-state index in [0.29, 0.717) is 32.1 Å². The highest BCUT2D eigenvalue weighted by Gasteiger charge is 2.30. The lowest BCUT2D eigenvalue weighted by Crippen LogP contribution is -2.44. The highest BCUT2D eigenvalue weighted by Crippen LogP contribution is 2.28. The first-order valence-electron chi connectivity index (χ1n) is 10.5. The van der Waals surface area contributed by atoms with Gasteiger partial charge in [-0.1, -0.05) is 24.9 Å². The molecule has 2 saturated heterocycles. The van der Waals surface area contributed by atoms with Crippen LogP contribution in [0.1, 0.15) is 56.3 Å². The molecule has 166 valence electrons. The SMILES string of the molecule is CC1CCN(C(=O)C(C)OC(=O)c2ccc(Cl)c(S(=O)(=O)N3CCCCC3)c2)CC1. The Balaban J connectivity index is 1.72. The molecule has 1 aromatic rings. The van der Waals surface area contributed by atoms with Gasteiger partial charge in [-0.3, -0.25) is 4.79 Å². The Hall–Kier alpha value is -1.64. The van der Waals surface area contributed by atoms with Crippen molar-refractivity contribution in [3.63, 3.8) is 0 Å². The van der Waals surface area contributed by atoms with Gasteiger partial charge in [0.05, 0.1) is 10.6 Å². The Kier molecular flexibility index (Phi) is 7.42. The van der Waals surface area contributed by atoms with Crippen LogP contribution in [0.4, 0.5) is 0 Å². The Morgan fingerprint density at radius 2 is 1.73 bits per heavy atom. The van der Waals surface area contributed by atoms with Crippen molar-refractivity contribution in [3.8, 4) is 0 Å². The lowest BCUT2D eigenvalue weighted by atomic mass is 9.99. The van der Waals surface area contributed by atoms with Crippen LogP contribution >= 0.6 is 11.6 Å². The van der Waals surface area contributed by atoms with Gasteiger partial charge >= 0.3 is 5.97 Å². The quantitative estimate of drug-likeness (QED) is 0.634. The molecule has 1 amide bonds. The molecule has 0 aliphatic carbocycles. The van der Waals surface area contributed by atoms with E-state index in [2.05, 4.69) is 6.92 Å². The fraction of sp³-hybridized carbons (Fsp3) is 0.619. The smallest absolute Gasteiger partial charge is 0.338 e. The highest BCUT2D eigenvalue weighted by molar-refractivity contribution is 7.89. The number of hydrogen-bond donors (Lipinski definition) is 0. The standard InChI is InChI=1S/C21H29ClN2O5S/c1-15-8-12-23(13-9-15)20(25)16(2)29-21(26)17-6-7-18(22)19(14-17)30(27,28)24-10-4-3-5-11-24/h6-7,14-16H,3-5,8-13H2,1-2H3. The van der Waals surface area contributed by atoms with Crippen LogP contribution in [0, 0.1) is 5.92 Å². The second kappa shape index (κ2) is 9.66. The number of halogens is 1. The average Bonchev–Trinajstić information content (AvgIpc) is 2.74. The van der Waals surface area contributed by atoms with Gasteiger partial charge in [0.15, 0.2) is 6.10 Å². The topological polar surface area (TPSA) is 84.0 Å². The molecule has 0 spiro atoms. The molecule has 1 unspecified atom stereocenters. The van der Waals surface area contributed by atoms with Gasteiger partial charge in [0.2, 0.25) is 10.0 Å². The van der Waals surface area contributed by atoms with E-state index < -0.39 is 22.1 Å². The van der Waals surface area contributed by atoms with E-state index in [9.17, 15) is 18.0 Å². The zero-order chi connectivity index (χ0) is 21.9. The van der Waals surface area contributed by atoms with Gasteiger partial charge < -0.3 is 9.64 Å². The van der Waals surface area contributed by atoms with Gasteiger partial charge in [-0.25, -0.2) is 13.2 Å². The summed E-state index contributed by atoms with van der Waals surface area (Å²) in [5, 5.41) is 0.0590. The number of benzene rings is 1. The summed E-state index contributed by atoms with van der Waals surface area (Å²) in [6, 6.07) is 4.04. The summed E-state index contributed by atoms with van der Waals surface area (Å²) in [5.41, 5.74) is 0.0573. The Morgan fingerprint density at radius 1 is 1.10 bits per heavy atom. The van der Waals surface area contributed by atoms with E-state index in [-0.39, 0.29) is 21.4 Å². The lowest BCUT2D eigenvalue weighted by molar-refractivity contribution is -0.141. The number of carbonyl (C=O) groups excluding carboxylic acids is 2. The number of likely N-dealkylation sites (tertiary alicyclic amines) is 1. The first-order chi connectivity index (χ1) is 14.2. The second-order valence-corrected chi connectivity index (χ2v) is 10.5. The molecule has 0 bridgehead atoms. The Bertz CT molecular complexity index is 891. The van der Waals surface area contributed by atoms with E-state index in [1.807, 2.05) is 0 Å². The van der Waals surface area contributed by atoms with Gasteiger partial charge in [-0.2, -0.15) is 4.31 Å². The fourth-order valence-corrected chi connectivity index (χ4v) is 5.85. The summed E-state index contributed by atoms with van der Waals surface area (Å²) in [7, 11) is -3.80. The summed E-state index contributed by atoms with van der Waals surface area (Å²) in [5.74, 6) is -0.389. The predicted octanol–water partition coefficient (Wildman–Crippen LogP) is 3.32. The van der Waals surface area contributed by atoms with E-state index >= 15 is 0 Å². The maximum atomic E-state index is 13.0. The first kappa shape index (κ1) is 23.0. The highest BCUT2D eigenvalue weighted by atomic mass is 35.5. The zero-order valence-corrected chi connectivity index (χ0v) is 19.0. The van der Waals surface area contributed by atoms with Crippen molar-refractivity contribution in [2.24, 2.45) is 5.92 Å². The van der Waals surface area contributed by atoms with Crippen molar-refractivity contribution in [3.05, 3.63) is 28.8 Å². The van der Waals surface area contributed by atoms with Crippen molar-refractivity contribution in [1.29, 1.82) is 0 Å². The number of hydrogen-bond acceptors (Lipinski definition) is 5. The van der Waals surface area contributed by atoms with Gasteiger partial charge in [0.25, 0.3) is 5.91 Å². The maximum absolute atomic E-state index is 13.0.